The smallest absolute Gasteiger partial charge is 0.336 e. The van der Waals surface area contributed by atoms with E-state index >= 15 is 0 Å². The van der Waals surface area contributed by atoms with Crippen molar-refractivity contribution < 1.29 is 9.84 Å². The van der Waals surface area contributed by atoms with Crippen LogP contribution in [0.25, 0.3) is 5.69 Å². The number of benzene rings is 1. The average Bonchev–Trinajstić information content (AvgIpc) is 2.97. The maximum Gasteiger partial charge on any atom is 0.336 e. The first-order valence-corrected chi connectivity index (χ1v) is 8.55. The maximum atomic E-state index is 12.7. The molecule has 0 unspecified atom stereocenters. The Morgan fingerprint density at radius 2 is 1.65 bits per heavy atom. The summed E-state index contributed by atoms with van der Waals surface area (Å²) in [7, 11) is 0. The quantitative estimate of drug-likeness (QED) is 0.773. The normalized spacial score (nSPS) is 14.5. The standard InChI is InChI=1S/C19H20N4O3/c24-18-14-22(13-15-5-7-20-8-6-15)19(25)23(18)17-3-1-16(2-4-17)21-9-11-26-12-10-21/h1-8,14,24H,9-13H2. The summed E-state index contributed by atoms with van der Waals surface area (Å²) < 4.78 is 8.17. The van der Waals surface area contributed by atoms with Crippen LogP contribution in [0.3, 0.4) is 0 Å². The van der Waals surface area contributed by atoms with Gasteiger partial charge in [-0.2, -0.15) is 0 Å². The fourth-order valence-corrected chi connectivity index (χ4v) is 3.15. The molecule has 0 radical (unpaired) electrons. The van der Waals surface area contributed by atoms with Gasteiger partial charge in [0.15, 0.2) is 0 Å². The van der Waals surface area contributed by atoms with Gasteiger partial charge in [0.1, 0.15) is 0 Å². The van der Waals surface area contributed by atoms with E-state index in [1.54, 1.807) is 12.4 Å². The van der Waals surface area contributed by atoms with Gasteiger partial charge in [-0.05, 0) is 42.0 Å². The van der Waals surface area contributed by atoms with Gasteiger partial charge in [0, 0.05) is 31.2 Å². The summed E-state index contributed by atoms with van der Waals surface area (Å²) in [5.41, 5.74) is 2.39. The molecule has 0 saturated carbocycles. The van der Waals surface area contributed by atoms with Crippen molar-refractivity contribution in [2.75, 3.05) is 31.2 Å². The van der Waals surface area contributed by atoms with Gasteiger partial charge in [-0.15, -0.1) is 0 Å². The molecule has 1 fully saturated rings. The Morgan fingerprint density at radius 3 is 2.35 bits per heavy atom. The molecule has 3 heterocycles. The second-order valence-electron chi connectivity index (χ2n) is 6.20. The van der Waals surface area contributed by atoms with E-state index in [-0.39, 0.29) is 11.6 Å². The zero-order valence-electron chi connectivity index (χ0n) is 14.3. The van der Waals surface area contributed by atoms with Crippen LogP contribution in [0.15, 0.2) is 59.8 Å². The Bertz CT molecular complexity index is 926. The number of aromatic hydroxyl groups is 1. The van der Waals surface area contributed by atoms with Gasteiger partial charge in [0.05, 0.1) is 31.6 Å². The van der Waals surface area contributed by atoms with Crippen LogP contribution in [0.1, 0.15) is 5.56 Å². The summed E-state index contributed by atoms with van der Waals surface area (Å²) in [6, 6.07) is 11.3. The fraction of sp³-hybridized carbons (Fsp3) is 0.263. The van der Waals surface area contributed by atoms with E-state index in [1.165, 1.54) is 15.3 Å². The third-order valence-electron chi connectivity index (χ3n) is 4.52. The molecule has 0 aliphatic carbocycles. The second kappa shape index (κ2) is 7.05. The van der Waals surface area contributed by atoms with Crippen LogP contribution in [0.4, 0.5) is 5.69 Å². The summed E-state index contributed by atoms with van der Waals surface area (Å²) in [5, 5.41) is 10.3. The first-order valence-electron chi connectivity index (χ1n) is 8.55. The Balaban J connectivity index is 1.60. The van der Waals surface area contributed by atoms with E-state index in [0.717, 1.165) is 37.6 Å². The minimum Gasteiger partial charge on any atom is -0.493 e. The third-order valence-corrected chi connectivity index (χ3v) is 4.52. The summed E-state index contributed by atoms with van der Waals surface area (Å²) in [5.74, 6) is -0.0804. The molecule has 1 aromatic carbocycles. The van der Waals surface area contributed by atoms with Gasteiger partial charge in [-0.3, -0.25) is 9.55 Å². The van der Waals surface area contributed by atoms with Gasteiger partial charge in [0.2, 0.25) is 5.88 Å². The number of rotatable bonds is 4. The van der Waals surface area contributed by atoms with Crippen molar-refractivity contribution >= 4 is 5.69 Å². The molecule has 7 heteroatoms. The summed E-state index contributed by atoms with van der Waals surface area (Å²) in [4.78, 5) is 18.9. The van der Waals surface area contributed by atoms with Crippen molar-refractivity contribution in [2.24, 2.45) is 0 Å². The molecule has 0 amide bonds. The van der Waals surface area contributed by atoms with Crippen molar-refractivity contribution in [3.05, 3.63) is 71.0 Å². The SMILES string of the molecule is O=c1n(Cc2ccncc2)cc(O)n1-c1ccc(N2CCOCC2)cc1. The molecule has 7 nitrogen and oxygen atoms in total. The number of pyridine rings is 1. The number of anilines is 1. The number of nitrogens with zero attached hydrogens (tertiary/aromatic N) is 4. The van der Waals surface area contributed by atoms with Crippen LogP contribution in [-0.2, 0) is 11.3 Å². The molecule has 0 atom stereocenters. The molecule has 1 aliphatic rings. The molecule has 2 aromatic heterocycles. The molecular formula is C19H20N4O3. The maximum absolute atomic E-state index is 12.7. The zero-order valence-corrected chi connectivity index (χ0v) is 14.3. The van der Waals surface area contributed by atoms with E-state index in [1.807, 2.05) is 36.4 Å². The monoisotopic (exact) mass is 352 g/mol. The summed E-state index contributed by atoms with van der Waals surface area (Å²) in [6.07, 6.45) is 4.82. The predicted octanol–water partition coefficient (Wildman–Crippen LogP) is 1.62. The average molecular weight is 352 g/mol. The highest BCUT2D eigenvalue weighted by Gasteiger charge is 2.14. The molecule has 1 N–H and O–H groups in total. The minimum atomic E-state index is -0.279. The lowest BCUT2D eigenvalue weighted by atomic mass is 10.2. The second-order valence-corrected chi connectivity index (χ2v) is 6.20. The lowest BCUT2D eigenvalue weighted by Crippen LogP contribution is -2.36. The first-order chi connectivity index (χ1) is 12.7. The van der Waals surface area contributed by atoms with Crippen LogP contribution in [0, 0.1) is 0 Å². The van der Waals surface area contributed by atoms with Gasteiger partial charge in [-0.25, -0.2) is 9.36 Å². The zero-order chi connectivity index (χ0) is 17.9. The van der Waals surface area contributed by atoms with Gasteiger partial charge in [0.25, 0.3) is 0 Å². The van der Waals surface area contributed by atoms with Crippen LogP contribution in [0.5, 0.6) is 5.88 Å². The molecule has 4 rings (SSSR count). The lowest BCUT2D eigenvalue weighted by molar-refractivity contribution is 0.122. The molecule has 1 saturated heterocycles. The predicted molar refractivity (Wildman–Crippen MR) is 98.1 cm³/mol. The highest BCUT2D eigenvalue weighted by molar-refractivity contribution is 5.51. The van der Waals surface area contributed by atoms with Crippen LogP contribution in [-0.4, -0.2) is 45.5 Å². The van der Waals surface area contributed by atoms with E-state index in [2.05, 4.69) is 9.88 Å². The molecule has 26 heavy (non-hydrogen) atoms. The minimum absolute atomic E-state index is 0.0804. The number of aromatic nitrogens is 3. The number of hydrogen-bond donors (Lipinski definition) is 1. The number of morpholine rings is 1. The Morgan fingerprint density at radius 1 is 1.00 bits per heavy atom. The molecule has 0 bridgehead atoms. The van der Waals surface area contributed by atoms with Crippen molar-refractivity contribution in [3.8, 4) is 11.6 Å². The molecular weight excluding hydrogens is 332 g/mol. The van der Waals surface area contributed by atoms with Crippen molar-refractivity contribution in [1.82, 2.24) is 14.1 Å². The Kier molecular flexibility index (Phi) is 4.45. The summed E-state index contributed by atoms with van der Waals surface area (Å²) >= 11 is 0. The molecule has 0 spiro atoms. The molecule has 1 aliphatic heterocycles. The number of hydrogen-bond acceptors (Lipinski definition) is 5. The first kappa shape index (κ1) is 16.4. The topological polar surface area (TPSA) is 72.5 Å². The highest BCUT2D eigenvalue weighted by Crippen LogP contribution is 2.21. The fourth-order valence-electron chi connectivity index (χ4n) is 3.15. The van der Waals surface area contributed by atoms with Crippen LogP contribution in [0.2, 0.25) is 0 Å². The van der Waals surface area contributed by atoms with E-state index in [0.29, 0.717) is 12.2 Å². The van der Waals surface area contributed by atoms with E-state index in [9.17, 15) is 9.90 Å². The van der Waals surface area contributed by atoms with Gasteiger partial charge in [-0.1, -0.05) is 0 Å². The Hall–Kier alpha value is -3.06. The van der Waals surface area contributed by atoms with Gasteiger partial charge >= 0.3 is 5.69 Å². The van der Waals surface area contributed by atoms with Crippen LogP contribution < -0.4 is 10.6 Å². The molecule has 3 aromatic rings. The number of ether oxygens (including phenoxy) is 1. The largest absolute Gasteiger partial charge is 0.493 e. The van der Waals surface area contributed by atoms with Crippen molar-refractivity contribution in [2.45, 2.75) is 6.54 Å². The third kappa shape index (κ3) is 3.21. The highest BCUT2D eigenvalue weighted by atomic mass is 16.5. The lowest BCUT2D eigenvalue weighted by Gasteiger charge is -2.28. The van der Waals surface area contributed by atoms with Gasteiger partial charge < -0.3 is 14.7 Å². The molecule has 134 valence electrons. The Labute approximate surface area is 150 Å². The van der Waals surface area contributed by atoms with Crippen LogP contribution >= 0.6 is 0 Å². The van der Waals surface area contributed by atoms with E-state index < -0.39 is 0 Å². The van der Waals surface area contributed by atoms with Crippen molar-refractivity contribution in [1.29, 1.82) is 0 Å². The van der Waals surface area contributed by atoms with Crippen molar-refractivity contribution in [3.63, 3.8) is 0 Å². The number of imidazole rings is 1. The summed E-state index contributed by atoms with van der Waals surface area (Å²) in [6.45, 7) is 3.53. The van der Waals surface area contributed by atoms with E-state index in [4.69, 9.17) is 4.74 Å².